The number of hydrogen-bond donors (Lipinski definition) is 1. The standard InChI is InChI=1S/C19H21F2NO2/c1-23-17-10-13-8-9-22-16(14(13)11-18(17)24-2)7-6-12-4-3-5-15(20)19(12)21/h3-5,10-11,16,22H,6-9H2,1-2H3. The van der Waals surface area contributed by atoms with Crippen LogP contribution in [-0.2, 0) is 12.8 Å². The Balaban J connectivity index is 1.83. The van der Waals surface area contributed by atoms with Crippen LogP contribution in [0.5, 0.6) is 11.5 Å². The van der Waals surface area contributed by atoms with Gasteiger partial charge in [0.1, 0.15) is 0 Å². The second-order valence-electron chi connectivity index (χ2n) is 5.91. The Labute approximate surface area is 140 Å². The fourth-order valence-electron chi connectivity index (χ4n) is 3.27. The minimum absolute atomic E-state index is 0.0798. The van der Waals surface area contributed by atoms with Gasteiger partial charge in [-0.05, 0) is 60.7 Å². The smallest absolute Gasteiger partial charge is 0.162 e. The Bertz CT molecular complexity index is 734. The van der Waals surface area contributed by atoms with Gasteiger partial charge < -0.3 is 14.8 Å². The summed E-state index contributed by atoms with van der Waals surface area (Å²) in [6, 6.07) is 8.39. The van der Waals surface area contributed by atoms with Crippen LogP contribution in [0.3, 0.4) is 0 Å². The minimum Gasteiger partial charge on any atom is -0.493 e. The first-order valence-electron chi connectivity index (χ1n) is 8.05. The molecule has 0 fully saturated rings. The predicted octanol–water partition coefficient (Wildman–Crippen LogP) is 3.80. The van der Waals surface area contributed by atoms with Crippen LogP contribution in [0.1, 0.15) is 29.2 Å². The molecule has 0 saturated carbocycles. The van der Waals surface area contributed by atoms with Crippen molar-refractivity contribution >= 4 is 0 Å². The average Bonchev–Trinajstić information content (AvgIpc) is 2.61. The van der Waals surface area contributed by atoms with E-state index in [1.165, 1.54) is 5.56 Å². The van der Waals surface area contributed by atoms with Crippen molar-refractivity contribution in [2.45, 2.75) is 25.3 Å². The van der Waals surface area contributed by atoms with E-state index in [2.05, 4.69) is 5.32 Å². The highest BCUT2D eigenvalue weighted by atomic mass is 19.2. The van der Waals surface area contributed by atoms with Crippen molar-refractivity contribution in [1.29, 1.82) is 0 Å². The number of hydrogen-bond acceptors (Lipinski definition) is 3. The second kappa shape index (κ2) is 7.18. The molecule has 0 spiro atoms. The van der Waals surface area contributed by atoms with Crippen LogP contribution in [0.15, 0.2) is 30.3 Å². The van der Waals surface area contributed by atoms with E-state index < -0.39 is 11.6 Å². The lowest BCUT2D eigenvalue weighted by atomic mass is 9.90. The molecule has 2 aromatic carbocycles. The Hall–Kier alpha value is -2.14. The molecular formula is C19H21F2NO2. The van der Waals surface area contributed by atoms with Crippen molar-refractivity contribution in [3.8, 4) is 11.5 Å². The van der Waals surface area contributed by atoms with E-state index in [1.54, 1.807) is 26.4 Å². The van der Waals surface area contributed by atoms with E-state index in [1.807, 2.05) is 12.1 Å². The zero-order chi connectivity index (χ0) is 17.1. The van der Waals surface area contributed by atoms with Gasteiger partial charge in [-0.25, -0.2) is 8.78 Å². The molecule has 2 aromatic rings. The summed E-state index contributed by atoms with van der Waals surface area (Å²) < 4.78 is 37.9. The van der Waals surface area contributed by atoms with E-state index in [9.17, 15) is 8.78 Å². The van der Waals surface area contributed by atoms with E-state index in [0.29, 0.717) is 29.9 Å². The molecule has 24 heavy (non-hydrogen) atoms. The lowest BCUT2D eigenvalue weighted by Gasteiger charge is -2.28. The summed E-state index contributed by atoms with van der Waals surface area (Å²) in [6.45, 7) is 0.846. The fourth-order valence-corrected chi connectivity index (χ4v) is 3.27. The number of rotatable bonds is 5. The number of fused-ring (bicyclic) bond motifs is 1. The van der Waals surface area contributed by atoms with Gasteiger partial charge in [0.2, 0.25) is 0 Å². The Kier molecular flexibility index (Phi) is 5.00. The Morgan fingerprint density at radius 2 is 1.88 bits per heavy atom. The predicted molar refractivity (Wildman–Crippen MR) is 88.7 cm³/mol. The zero-order valence-electron chi connectivity index (χ0n) is 13.9. The van der Waals surface area contributed by atoms with Gasteiger partial charge in [-0.1, -0.05) is 12.1 Å². The van der Waals surface area contributed by atoms with Crippen LogP contribution < -0.4 is 14.8 Å². The Morgan fingerprint density at radius 1 is 1.12 bits per heavy atom. The summed E-state index contributed by atoms with van der Waals surface area (Å²) in [6.07, 6.45) is 2.05. The molecule has 0 aromatic heterocycles. The first kappa shape index (κ1) is 16.7. The summed E-state index contributed by atoms with van der Waals surface area (Å²) in [4.78, 5) is 0. The molecule has 0 aliphatic carbocycles. The summed E-state index contributed by atoms with van der Waals surface area (Å²) in [5.74, 6) is -0.147. The molecule has 1 heterocycles. The van der Waals surface area contributed by atoms with Gasteiger partial charge in [0.15, 0.2) is 23.1 Å². The molecule has 0 radical (unpaired) electrons. The van der Waals surface area contributed by atoms with E-state index in [4.69, 9.17) is 9.47 Å². The lowest BCUT2D eigenvalue weighted by molar-refractivity contribution is 0.351. The molecule has 3 rings (SSSR count). The van der Waals surface area contributed by atoms with Gasteiger partial charge in [-0.15, -0.1) is 0 Å². The maximum atomic E-state index is 13.8. The van der Waals surface area contributed by atoms with Crippen LogP contribution in [0.4, 0.5) is 8.78 Å². The third-order valence-electron chi connectivity index (χ3n) is 4.54. The molecule has 3 nitrogen and oxygen atoms in total. The number of ether oxygens (including phenoxy) is 2. The van der Waals surface area contributed by atoms with Crippen LogP contribution in [-0.4, -0.2) is 20.8 Å². The van der Waals surface area contributed by atoms with Crippen molar-refractivity contribution in [3.63, 3.8) is 0 Å². The van der Waals surface area contributed by atoms with Gasteiger partial charge in [0, 0.05) is 6.04 Å². The largest absolute Gasteiger partial charge is 0.493 e. The quantitative estimate of drug-likeness (QED) is 0.903. The molecular weight excluding hydrogens is 312 g/mol. The number of aryl methyl sites for hydroxylation is 1. The van der Waals surface area contributed by atoms with Crippen LogP contribution >= 0.6 is 0 Å². The number of benzene rings is 2. The van der Waals surface area contributed by atoms with Gasteiger partial charge in [-0.2, -0.15) is 0 Å². The zero-order valence-corrected chi connectivity index (χ0v) is 13.9. The monoisotopic (exact) mass is 333 g/mol. The van der Waals surface area contributed by atoms with Gasteiger partial charge in [-0.3, -0.25) is 0 Å². The molecule has 1 aliphatic heterocycles. The number of nitrogens with one attached hydrogen (secondary N) is 1. The molecule has 0 amide bonds. The average molecular weight is 333 g/mol. The maximum Gasteiger partial charge on any atom is 0.162 e. The number of halogens is 2. The van der Waals surface area contributed by atoms with Gasteiger partial charge in [0.25, 0.3) is 0 Å². The lowest BCUT2D eigenvalue weighted by Crippen LogP contribution is -2.30. The first-order chi connectivity index (χ1) is 11.6. The second-order valence-corrected chi connectivity index (χ2v) is 5.91. The highest BCUT2D eigenvalue weighted by Crippen LogP contribution is 2.36. The first-order valence-corrected chi connectivity index (χ1v) is 8.05. The van der Waals surface area contributed by atoms with E-state index >= 15 is 0 Å². The van der Waals surface area contributed by atoms with Crippen LogP contribution in [0.2, 0.25) is 0 Å². The molecule has 1 N–H and O–H groups in total. The highest BCUT2D eigenvalue weighted by Gasteiger charge is 2.23. The third kappa shape index (κ3) is 3.22. The molecule has 0 bridgehead atoms. The van der Waals surface area contributed by atoms with Crippen molar-refractivity contribution in [1.82, 2.24) is 5.32 Å². The van der Waals surface area contributed by atoms with E-state index in [-0.39, 0.29) is 6.04 Å². The van der Waals surface area contributed by atoms with Crippen molar-refractivity contribution < 1.29 is 18.3 Å². The normalized spacial score (nSPS) is 16.6. The topological polar surface area (TPSA) is 30.5 Å². The van der Waals surface area contributed by atoms with Crippen molar-refractivity contribution in [3.05, 3.63) is 58.7 Å². The van der Waals surface area contributed by atoms with E-state index in [0.717, 1.165) is 24.6 Å². The molecule has 1 unspecified atom stereocenters. The molecule has 1 atom stereocenters. The summed E-state index contributed by atoms with van der Waals surface area (Å²) in [5, 5.41) is 3.46. The summed E-state index contributed by atoms with van der Waals surface area (Å²) in [7, 11) is 3.23. The highest BCUT2D eigenvalue weighted by molar-refractivity contribution is 5.49. The Morgan fingerprint density at radius 3 is 2.62 bits per heavy atom. The van der Waals surface area contributed by atoms with Crippen molar-refractivity contribution in [2.75, 3.05) is 20.8 Å². The molecule has 1 aliphatic rings. The minimum atomic E-state index is -0.795. The fraction of sp³-hybridized carbons (Fsp3) is 0.368. The summed E-state index contributed by atoms with van der Waals surface area (Å²) >= 11 is 0. The van der Waals surface area contributed by atoms with Gasteiger partial charge in [0.05, 0.1) is 14.2 Å². The van der Waals surface area contributed by atoms with Crippen LogP contribution in [0, 0.1) is 11.6 Å². The van der Waals surface area contributed by atoms with Gasteiger partial charge >= 0.3 is 0 Å². The summed E-state index contributed by atoms with van der Waals surface area (Å²) in [5.41, 5.74) is 2.75. The van der Waals surface area contributed by atoms with Crippen molar-refractivity contribution in [2.24, 2.45) is 0 Å². The number of methoxy groups -OCH3 is 2. The molecule has 128 valence electrons. The molecule has 5 heteroatoms. The molecule has 0 saturated heterocycles. The van der Waals surface area contributed by atoms with Crippen LogP contribution in [0.25, 0.3) is 0 Å². The SMILES string of the molecule is COc1cc2c(cc1OC)C(CCc1cccc(F)c1F)NCC2. The third-order valence-corrected chi connectivity index (χ3v) is 4.54. The maximum absolute atomic E-state index is 13.8.